The van der Waals surface area contributed by atoms with E-state index in [1.807, 2.05) is 13.8 Å². The van der Waals surface area contributed by atoms with Crippen LogP contribution in [0, 0.1) is 28.6 Å². The molecule has 0 bridgehead atoms. The first kappa shape index (κ1) is 82.4. The Morgan fingerprint density at radius 1 is 0.649 bits per heavy atom. The summed E-state index contributed by atoms with van der Waals surface area (Å²) in [5.74, 6) is -10.2. The minimum Gasteiger partial charge on any atom is -0.508 e. The number of aliphatic hydroxyl groups is 1. The number of carbonyl (C=O) groups excluding carboxylic acids is 12. The van der Waals surface area contributed by atoms with Gasteiger partial charge < -0.3 is 92.6 Å². The Labute approximate surface area is 646 Å². The van der Waals surface area contributed by atoms with Crippen LogP contribution in [0.4, 0.5) is 0 Å². The molecule has 111 heavy (non-hydrogen) atoms. The molecule has 8 aliphatic rings. The summed E-state index contributed by atoms with van der Waals surface area (Å²) < 4.78 is 20.2. The number of hydrogen-bond donors (Lipinski definition) is 12. The SMILES string of the molecule is CC(C)C[C@@H](NC(=O)[C@@H]1CCCN1C(=O)[C@@H](CCC(N)=O)NC(=O)[C@H](Cc1cnc[nH]1)NC(=O)[C@H]1CCCN1C(=O)[C@@H](CCC(N)=O)NC(=O)[C@H](Cc1cnc[nH]1)NC(=O)[C@H](CC[S@@](C)=O)N1Cc2c(cc(O)c3c2O[C@]2(C3)[C@H](C)CC[C@H]3C(C)(C)[C@H](O)CC[C@@]32C)C1=O)C(=O)N1CCC[C@H]1C(=O)N1CCC[C@H]1C(=O)O. The number of carboxylic acids is 1. The number of phenolic OH excluding ortho intramolecular Hbond substituents is 1. The molecule has 4 saturated heterocycles. The van der Waals surface area contributed by atoms with Gasteiger partial charge in [-0.05, 0) is 132 Å². The van der Waals surface area contributed by atoms with Crippen LogP contribution in [0.2, 0.25) is 0 Å². The van der Waals surface area contributed by atoms with Crippen LogP contribution in [0.3, 0.4) is 0 Å². The second-order valence-corrected chi connectivity index (χ2v) is 34.4. The molecule has 0 radical (unpaired) electrons. The van der Waals surface area contributed by atoms with Gasteiger partial charge in [-0.25, -0.2) is 14.8 Å². The van der Waals surface area contributed by atoms with Gasteiger partial charge in [0.1, 0.15) is 77.5 Å². The molecule has 2 aliphatic carbocycles. The number of fused-ring (bicyclic) bond motifs is 5. The quantitative estimate of drug-likeness (QED) is 0.0414. The van der Waals surface area contributed by atoms with Crippen molar-refractivity contribution in [3.05, 3.63) is 59.2 Å². The first-order chi connectivity index (χ1) is 52.6. The largest absolute Gasteiger partial charge is 0.508 e. The number of aromatic amines is 2. The molecule has 2 saturated carbocycles. The number of likely N-dealkylation sites (tertiary alicyclic amines) is 4. The van der Waals surface area contributed by atoms with E-state index in [9.17, 15) is 67.5 Å². The third-order valence-corrected chi connectivity index (χ3v) is 25.7. The fourth-order valence-electron chi connectivity index (χ4n) is 19.0. The van der Waals surface area contributed by atoms with Crippen LogP contribution in [-0.4, -0.2) is 251 Å². The lowest BCUT2D eigenvalue weighted by Crippen LogP contribution is -2.66. The number of benzene rings is 1. The summed E-state index contributed by atoms with van der Waals surface area (Å²) >= 11 is 0. The zero-order valence-electron chi connectivity index (χ0n) is 64.2. The summed E-state index contributed by atoms with van der Waals surface area (Å²) in [6.45, 7) is 12.4. The minimum absolute atomic E-state index is 0.00999. The first-order valence-corrected chi connectivity index (χ1v) is 40.7. The highest BCUT2D eigenvalue weighted by molar-refractivity contribution is 7.84. The maximum Gasteiger partial charge on any atom is 0.326 e. The smallest absolute Gasteiger partial charge is 0.326 e. The second kappa shape index (κ2) is 34.2. The van der Waals surface area contributed by atoms with Gasteiger partial charge >= 0.3 is 5.97 Å². The number of primary amides is 2. The summed E-state index contributed by atoms with van der Waals surface area (Å²) in [4.78, 5) is 205. The lowest BCUT2D eigenvalue weighted by molar-refractivity contribution is -0.210. The van der Waals surface area contributed by atoms with Gasteiger partial charge in [0.2, 0.25) is 65.0 Å². The lowest BCUT2D eigenvalue weighted by atomic mass is 9.43. The molecule has 0 unspecified atom stereocenters. The topological polar surface area (TPSA) is 495 Å². The summed E-state index contributed by atoms with van der Waals surface area (Å²) in [6, 6.07) is -11.7. The number of nitrogens with zero attached hydrogens (tertiary/aromatic N) is 7. The number of imidazole rings is 2. The van der Waals surface area contributed by atoms with Gasteiger partial charge in [-0.1, -0.05) is 41.5 Å². The van der Waals surface area contributed by atoms with Crippen LogP contribution in [0.25, 0.3) is 0 Å². The van der Waals surface area contributed by atoms with Crippen molar-refractivity contribution in [1.29, 1.82) is 0 Å². The van der Waals surface area contributed by atoms with Gasteiger partial charge in [-0.2, -0.15) is 0 Å². The number of aromatic hydroxyl groups is 1. The Balaban J connectivity index is 0.786. The normalized spacial score (nSPS) is 26.4. The summed E-state index contributed by atoms with van der Waals surface area (Å²) in [5.41, 5.74) is 11.4. The molecule has 14 N–H and O–H groups in total. The molecular weight excluding hydrogens is 1460 g/mol. The van der Waals surface area contributed by atoms with E-state index in [2.05, 4.69) is 74.2 Å². The van der Waals surface area contributed by atoms with Crippen molar-refractivity contribution >= 4 is 87.7 Å². The van der Waals surface area contributed by atoms with Crippen molar-refractivity contribution < 1.29 is 86.6 Å². The van der Waals surface area contributed by atoms with E-state index in [-0.39, 0.29) is 132 Å². The number of hydrogen-bond acceptors (Lipinski definition) is 19. The van der Waals surface area contributed by atoms with Crippen molar-refractivity contribution in [2.24, 2.45) is 40.1 Å². The number of H-pyrrole nitrogens is 2. The monoisotopic (exact) mass is 1560 g/mol. The van der Waals surface area contributed by atoms with Crippen molar-refractivity contribution in [2.45, 2.75) is 255 Å². The minimum atomic E-state index is -1.58. The maximum absolute atomic E-state index is 15.2. The predicted molar refractivity (Wildman–Crippen MR) is 399 cm³/mol. The predicted octanol–water partition coefficient (Wildman–Crippen LogP) is 0.373. The molecule has 1 spiro atoms. The highest BCUT2D eigenvalue weighted by Crippen LogP contribution is 2.67. The molecule has 1 aromatic carbocycles. The van der Waals surface area contributed by atoms with Crippen molar-refractivity contribution in [1.82, 2.24) is 71.0 Å². The molecule has 16 atom stereocenters. The molecule has 12 amide bonds. The molecule has 11 rings (SSSR count). The number of nitrogens with one attached hydrogen (secondary N) is 7. The highest BCUT2D eigenvalue weighted by atomic mass is 32.2. The average Bonchev–Trinajstić information content (AvgIpc) is 1.60. The van der Waals surface area contributed by atoms with Crippen LogP contribution in [0.15, 0.2) is 31.1 Å². The van der Waals surface area contributed by atoms with E-state index in [1.165, 1.54) is 61.9 Å². The zero-order chi connectivity index (χ0) is 80.3. The second-order valence-electron chi connectivity index (χ2n) is 32.8. The van der Waals surface area contributed by atoms with Gasteiger partial charge in [-0.15, -0.1) is 0 Å². The van der Waals surface area contributed by atoms with Gasteiger partial charge in [0, 0.05) is 121 Å². The summed E-state index contributed by atoms with van der Waals surface area (Å²) in [7, 11) is -1.49. The third-order valence-electron chi connectivity index (χ3n) is 24.9. The number of amides is 12. The van der Waals surface area contributed by atoms with Crippen LogP contribution >= 0.6 is 0 Å². The number of aliphatic carboxylic acids is 1. The molecule has 606 valence electrons. The standard InChI is InChI=1S/C76H108N16O18S/c1-40(2)30-51(71(105)90-27-10-14-55(90)72(106)91-28-11-15-56(91)73(107)108)87-66(100)53-13-9-26-89(53)70(104)48(18-21-61(78)96)83-63(97)49(31-42-35-79-38-81-42)85-65(99)52-12-8-25-88(52)69(103)47(17-20-60(77)95)84-64(98)50(32-43-36-80-39-82-43)86-67(101)54(23-29-111(7)109)92-37-46-44(68(92)102)33-57(93)45-34-76(110-62(45)46)41(3)16-19-58-74(4,5)59(94)22-24-75(58,76)6/h33,35-36,38-41,47-56,58-59,93-94H,8-32,34,37H2,1-7H3,(H2,77,95)(H2,78,96)(H,79,81)(H,80,82)(H,83,97)(H,84,98)(H,85,99)(H,86,101)(H,87,100)(H,107,108)/t41-,47-,48-,49+,50+,51-,52-,53+,54+,55+,56+,58+,59-,75+,76-,111-/m1/s1. The van der Waals surface area contributed by atoms with E-state index < -0.39 is 183 Å². The van der Waals surface area contributed by atoms with Crippen LogP contribution in [0.5, 0.6) is 11.5 Å². The van der Waals surface area contributed by atoms with Crippen molar-refractivity contribution in [2.75, 3.05) is 38.2 Å². The average molecular weight is 1570 g/mol. The molecule has 2 aromatic heterocycles. The van der Waals surface area contributed by atoms with Gasteiger partial charge in [0.25, 0.3) is 5.91 Å². The van der Waals surface area contributed by atoms with Crippen LogP contribution in [0.1, 0.15) is 190 Å². The molecule has 35 heteroatoms. The molecule has 8 heterocycles. The number of carboxylic acid groups (broad SMARTS) is 1. The zero-order valence-corrected chi connectivity index (χ0v) is 65.0. The van der Waals surface area contributed by atoms with E-state index in [1.54, 1.807) is 0 Å². The van der Waals surface area contributed by atoms with Gasteiger partial charge in [0.15, 0.2) is 0 Å². The fraction of sp³-hybridized carbons (Fsp3) is 0.671. The molecule has 6 fully saturated rings. The molecule has 6 aliphatic heterocycles. The van der Waals surface area contributed by atoms with Gasteiger partial charge in [0.05, 0.1) is 30.9 Å². The Morgan fingerprint density at radius 3 is 1.66 bits per heavy atom. The van der Waals surface area contributed by atoms with E-state index in [4.69, 9.17) is 16.2 Å². The molecule has 34 nitrogen and oxygen atoms in total. The third kappa shape index (κ3) is 17.3. The number of aromatic nitrogens is 4. The number of carbonyl (C=O) groups is 13. The number of nitrogens with two attached hydrogens (primary N) is 2. The summed E-state index contributed by atoms with van der Waals surface area (Å²) in [5, 5.41) is 46.8. The Morgan fingerprint density at radius 2 is 1.14 bits per heavy atom. The maximum atomic E-state index is 15.2. The number of aliphatic hydroxyl groups excluding tert-OH is 1. The number of ether oxygens (including phenoxy) is 1. The lowest BCUT2D eigenvalue weighted by Gasteiger charge is -2.64. The number of rotatable bonds is 31. The summed E-state index contributed by atoms with van der Waals surface area (Å²) in [6.07, 6.45) is 9.79. The molecular formula is C76H108N16O18S. The van der Waals surface area contributed by atoms with E-state index in [0.717, 1.165) is 12.8 Å². The first-order valence-electron chi connectivity index (χ1n) is 39.0. The number of phenols is 1. The van der Waals surface area contributed by atoms with Crippen molar-refractivity contribution in [3.63, 3.8) is 0 Å². The van der Waals surface area contributed by atoms with Gasteiger partial charge in [-0.3, -0.25) is 61.7 Å². The van der Waals surface area contributed by atoms with E-state index >= 15 is 14.4 Å². The Bertz CT molecular complexity index is 4080. The van der Waals surface area contributed by atoms with Crippen LogP contribution < -0.4 is 42.8 Å². The Hall–Kier alpha value is -9.54. The van der Waals surface area contributed by atoms with Crippen molar-refractivity contribution in [3.8, 4) is 11.5 Å². The van der Waals surface area contributed by atoms with Crippen LogP contribution in [-0.2, 0) is 94.1 Å². The fourth-order valence-corrected chi connectivity index (χ4v) is 19.6. The molecule has 3 aromatic rings. The van der Waals surface area contributed by atoms with E-state index in [0.29, 0.717) is 73.2 Å². The highest BCUT2D eigenvalue weighted by Gasteiger charge is 2.67. The Kier molecular flexibility index (Phi) is 25.4.